The molecule has 0 aromatic heterocycles. The lowest BCUT2D eigenvalue weighted by Crippen LogP contribution is -2.28. The van der Waals surface area contributed by atoms with Gasteiger partial charge in [-0.05, 0) is 18.9 Å². The van der Waals surface area contributed by atoms with Crippen LogP contribution in [-0.4, -0.2) is 0 Å². The van der Waals surface area contributed by atoms with Crippen LogP contribution in [0, 0.1) is 24.0 Å². The lowest BCUT2D eigenvalue weighted by Gasteiger charge is -2.16. The van der Waals surface area contributed by atoms with Crippen molar-refractivity contribution in [3.8, 4) is 12.3 Å². The molecule has 4 heteroatoms. The predicted octanol–water partition coefficient (Wildman–Crippen LogP) is 2.27. The molecule has 0 fully saturated rings. The zero-order valence-electron chi connectivity index (χ0n) is 8.84. The number of benzene rings is 1. The molecular formula is C12H14F2N2. The molecule has 0 aliphatic rings. The van der Waals surface area contributed by atoms with Crippen LogP contribution in [0.3, 0.4) is 0 Å². The maximum Gasteiger partial charge on any atom is 0.130 e. The fourth-order valence-electron chi connectivity index (χ4n) is 1.52. The third-order valence-electron chi connectivity index (χ3n) is 2.35. The number of hydrogen-bond donors (Lipinski definition) is 2. The molecule has 0 radical (unpaired) electrons. The van der Waals surface area contributed by atoms with E-state index in [0.717, 1.165) is 12.5 Å². The van der Waals surface area contributed by atoms with Gasteiger partial charge in [0.25, 0.3) is 0 Å². The van der Waals surface area contributed by atoms with Crippen molar-refractivity contribution >= 4 is 0 Å². The van der Waals surface area contributed by atoms with Crippen LogP contribution in [0.1, 0.15) is 30.9 Å². The Morgan fingerprint density at radius 2 is 2.19 bits per heavy atom. The summed E-state index contributed by atoms with van der Waals surface area (Å²) in [5, 5.41) is 0. The Hall–Kier alpha value is -1.44. The summed E-state index contributed by atoms with van der Waals surface area (Å²) >= 11 is 0. The molecule has 0 saturated carbocycles. The van der Waals surface area contributed by atoms with E-state index in [0.29, 0.717) is 18.4 Å². The number of rotatable bonds is 5. The van der Waals surface area contributed by atoms with Gasteiger partial charge in [-0.15, -0.1) is 12.3 Å². The highest BCUT2D eigenvalue weighted by atomic mass is 19.1. The molecule has 3 N–H and O–H groups in total. The van der Waals surface area contributed by atoms with Gasteiger partial charge in [0.15, 0.2) is 0 Å². The van der Waals surface area contributed by atoms with Gasteiger partial charge in [-0.1, -0.05) is 6.07 Å². The van der Waals surface area contributed by atoms with Crippen molar-refractivity contribution < 1.29 is 8.78 Å². The second kappa shape index (κ2) is 6.21. The largest absolute Gasteiger partial charge is 0.271 e. The fourth-order valence-corrected chi connectivity index (χ4v) is 1.52. The lowest BCUT2D eigenvalue weighted by molar-refractivity contribution is 0.471. The summed E-state index contributed by atoms with van der Waals surface area (Å²) in [7, 11) is 0. The SMILES string of the molecule is C#CCCCC(NN)c1ccc(F)cc1F. The molecule has 1 aromatic carbocycles. The summed E-state index contributed by atoms with van der Waals surface area (Å²) in [6, 6.07) is 3.12. The highest BCUT2D eigenvalue weighted by Gasteiger charge is 2.14. The van der Waals surface area contributed by atoms with Crippen molar-refractivity contribution in [2.24, 2.45) is 5.84 Å². The number of nitrogens with two attached hydrogens (primary N) is 1. The molecule has 1 rings (SSSR count). The molecule has 1 atom stereocenters. The van der Waals surface area contributed by atoms with E-state index in [1.165, 1.54) is 12.1 Å². The van der Waals surface area contributed by atoms with Gasteiger partial charge in [0.1, 0.15) is 11.6 Å². The van der Waals surface area contributed by atoms with Crippen LogP contribution in [0.2, 0.25) is 0 Å². The Morgan fingerprint density at radius 3 is 2.75 bits per heavy atom. The van der Waals surface area contributed by atoms with Crippen LogP contribution in [0.4, 0.5) is 8.78 Å². The molecule has 0 aliphatic heterocycles. The molecule has 0 bridgehead atoms. The normalized spacial score (nSPS) is 12.1. The maximum atomic E-state index is 13.4. The predicted molar refractivity (Wildman–Crippen MR) is 59.1 cm³/mol. The van der Waals surface area contributed by atoms with Gasteiger partial charge in [0.2, 0.25) is 0 Å². The second-order valence-electron chi connectivity index (χ2n) is 3.48. The summed E-state index contributed by atoms with van der Waals surface area (Å²) in [6.45, 7) is 0. The van der Waals surface area contributed by atoms with Crippen molar-refractivity contribution in [1.29, 1.82) is 0 Å². The highest BCUT2D eigenvalue weighted by molar-refractivity contribution is 5.22. The van der Waals surface area contributed by atoms with Gasteiger partial charge >= 0.3 is 0 Å². The standard InChI is InChI=1S/C12H14F2N2/c1-2-3-4-5-12(16-15)10-7-6-9(13)8-11(10)14/h1,6-8,12,16H,3-5,15H2. The average molecular weight is 224 g/mol. The number of halogens is 2. The molecular weight excluding hydrogens is 210 g/mol. The third-order valence-corrected chi connectivity index (χ3v) is 2.35. The molecule has 0 aliphatic carbocycles. The monoisotopic (exact) mass is 224 g/mol. The Balaban J connectivity index is 2.75. The van der Waals surface area contributed by atoms with Gasteiger partial charge in [-0.25, -0.2) is 8.78 Å². The van der Waals surface area contributed by atoms with E-state index < -0.39 is 11.6 Å². The van der Waals surface area contributed by atoms with E-state index in [2.05, 4.69) is 11.3 Å². The molecule has 0 amide bonds. The Bertz CT molecular complexity index is 385. The van der Waals surface area contributed by atoms with Gasteiger partial charge < -0.3 is 0 Å². The molecule has 0 saturated heterocycles. The summed E-state index contributed by atoms with van der Waals surface area (Å²) in [5.74, 6) is 6.64. The van der Waals surface area contributed by atoms with Crippen LogP contribution >= 0.6 is 0 Å². The van der Waals surface area contributed by atoms with Crippen LogP contribution in [0.15, 0.2) is 18.2 Å². The topological polar surface area (TPSA) is 38.0 Å². The first kappa shape index (κ1) is 12.6. The third kappa shape index (κ3) is 3.30. The summed E-state index contributed by atoms with van der Waals surface area (Å²) in [5.41, 5.74) is 2.87. The summed E-state index contributed by atoms with van der Waals surface area (Å²) < 4.78 is 26.1. The summed E-state index contributed by atoms with van der Waals surface area (Å²) in [4.78, 5) is 0. The second-order valence-corrected chi connectivity index (χ2v) is 3.48. The quantitative estimate of drug-likeness (QED) is 0.348. The van der Waals surface area contributed by atoms with E-state index in [9.17, 15) is 8.78 Å². The molecule has 1 unspecified atom stereocenters. The molecule has 0 spiro atoms. The van der Waals surface area contributed by atoms with Gasteiger partial charge in [0.05, 0.1) is 0 Å². The number of hydrazine groups is 1. The zero-order valence-corrected chi connectivity index (χ0v) is 8.84. The van der Waals surface area contributed by atoms with Crippen LogP contribution in [0.5, 0.6) is 0 Å². The summed E-state index contributed by atoms with van der Waals surface area (Å²) in [6.07, 6.45) is 7.08. The van der Waals surface area contributed by atoms with Crippen molar-refractivity contribution in [1.82, 2.24) is 5.43 Å². The fraction of sp³-hybridized carbons (Fsp3) is 0.333. The molecule has 2 nitrogen and oxygen atoms in total. The van der Waals surface area contributed by atoms with Crippen molar-refractivity contribution in [3.05, 3.63) is 35.4 Å². The highest BCUT2D eigenvalue weighted by Crippen LogP contribution is 2.22. The van der Waals surface area contributed by atoms with E-state index in [4.69, 9.17) is 12.3 Å². The number of hydrogen-bond acceptors (Lipinski definition) is 2. The average Bonchev–Trinajstić information content (AvgIpc) is 2.26. The van der Waals surface area contributed by atoms with Gasteiger partial charge in [0, 0.05) is 24.1 Å². The van der Waals surface area contributed by atoms with Crippen molar-refractivity contribution in [3.63, 3.8) is 0 Å². The first-order valence-corrected chi connectivity index (χ1v) is 5.03. The Morgan fingerprint density at radius 1 is 1.44 bits per heavy atom. The smallest absolute Gasteiger partial charge is 0.130 e. The first-order chi connectivity index (χ1) is 7.69. The minimum Gasteiger partial charge on any atom is -0.271 e. The Labute approximate surface area is 93.8 Å². The number of nitrogens with one attached hydrogen (secondary N) is 1. The van der Waals surface area contributed by atoms with Crippen LogP contribution < -0.4 is 11.3 Å². The van der Waals surface area contributed by atoms with Gasteiger partial charge in [-0.3, -0.25) is 11.3 Å². The lowest BCUT2D eigenvalue weighted by atomic mass is 10.0. The zero-order chi connectivity index (χ0) is 12.0. The van der Waals surface area contributed by atoms with E-state index >= 15 is 0 Å². The molecule has 1 aromatic rings. The first-order valence-electron chi connectivity index (χ1n) is 5.03. The Kier molecular flexibility index (Phi) is 4.90. The minimum absolute atomic E-state index is 0.339. The van der Waals surface area contributed by atoms with Gasteiger partial charge in [-0.2, -0.15) is 0 Å². The van der Waals surface area contributed by atoms with E-state index in [1.54, 1.807) is 0 Å². The van der Waals surface area contributed by atoms with Crippen molar-refractivity contribution in [2.75, 3.05) is 0 Å². The van der Waals surface area contributed by atoms with Crippen molar-refractivity contribution in [2.45, 2.75) is 25.3 Å². The number of terminal acetylenes is 1. The number of unbranched alkanes of at least 4 members (excludes halogenated alkanes) is 1. The van der Waals surface area contributed by atoms with Crippen LogP contribution in [0.25, 0.3) is 0 Å². The maximum absolute atomic E-state index is 13.4. The molecule has 0 heterocycles. The van der Waals surface area contributed by atoms with E-state index in [-0.39, 0.29) is 6.04 Å². The van der Waals surface area contributed by atoms with Crippen LogP contribution in [-0.2, 0) is 0 Å². The molecule has 16 heavy (non-hydrogen) atoms. The minimum atomic E-state index is -0.597. The molecule has 86 valence electrons. The van der Waals surface area contributed by atoms with E-state index in [1.807, 2.05) is 0 Å².